The van der Waals surface area contributed by atoms with Crippen LogP contribution in [0.25, 0.3) is 0 Å². The van der Waals surface area contributed by atoms with E-state index in [1.54, 1.807) is 24.5 Å². The fourth-order valence-electron chi connectivity index (χ4n) is 1.48. The van der Waals surface area contributed by atoms with E-state index in [4.69, 9.17) is 0 Å². The Balaban J connectivity index is 2.25. The van der Waals surface area contributed by atoms with Gasteiger partial charge in [-0.25, -0.2) is 0 Å². The molecule has 3 nitrogen and oxygen atoms in total. The fraction of sp³-hybridized carbons (Fsp3) is 0.0769. The number of hydrogen-bond acceptors (Lipinski definition) is 3. The summed E-state index contributed by atoms with van der Waals surface area (Å²) in [5, 5.41) is 2.82. The Kier molecular flexibility index (Phi) is 4.04. The lowest BCUT2D eigenvalue weighted by atomic mass is 10.2. The summed E-state index contributed by atoms with van der Waals surface area (Å²) in [4.78, 5) is 16.7. The first-order valence-corrected chi connectivity index (χ1v) is 6.52. The highest BCUT2D eigenvalue weighted by Crippen LogP contribution is 2.21. The summed E-state index contributed by atoms with van der Waals surface area (Å²) in [7, 11) is 0. The predicted molar refractivity (Wildman–Crippen MR) is 78.3 cm³/mol. The van der Waals surface area contributed by atoms with Crippen LogP contribution in [-0.4, -0.2) is 10.9 Å². The molecule has 2 aromatic rings. The highest BCUT2D eigenvalue weighted by Gasteiger charge is 2.11. The summed E-state index contributed by atoms with van der Waals surface area (Å²) in [6, 6.07) is 7.17. The van der Waals surface area contributed by atoms with Gasteiger partial charge in [0, 0.05) is 15.6 Å². The molecule has 0 aliphatic rings. The first-order chi connectivity index (χ1) is 8.58. The lowest BCUT2D eigenvalue weighted by Crippen LogP contribution is -2.13. The third kappa shape index (κ3) is 2.91. The standard InChI is InChI=1S/C13H11BrN2OS/c1-8-4-5-15-7-11(8)16-13(17)10-3-2-9(14)6-12(10)18/h2-7,18H,1H3,(H,16,17). The van der Waals surface area contributed by atoms with E-state index < -0.39 is 0 Å². The van der Waals surface area contributed by atoms with Gasteiger partial charge in [-0.2, -0.15) is 0 Å². The summed E-state index contributed by atoms with van der Waals surface area (Å²) in [5.41, 5.74) is 2.21. The maximum absolute atomic E-state index is 12.1. The van der Waals surface area contributed by atoms with E-state index in [1.165, 1.54) is 0 Å². The van der Waals surface area contributed by atoms with E-state index >= 15 is 0 Å². The van der Waals surface area contributed by atoms with Gasteiger partial charge < -0.3 is 5.32 Å². The van der Waals surface area contributed by atoms with Crippen LogP contribution >= 0.6 is 28.6 Å². The van der Waals surface area contributed by atoms with E-state index in [9.17, 15) is 4.79 Å². The molecule has 5 heteroatoms. The maximum Gasteiger partial charge on any atom is 0.256 e. The monoisotopic (exact) mass is 322 g/mol. The number of anilines is 1. The zero-order valence-electron chi connectivity index (χ0n) is 9.64. The molecule has 18 heavy (non-hydrogen) atoms. The van der Waals surface area contributed by atoms with Crippen LogP contribution in [0.4, 0.5) is 5.69 Å². The number of pyridine rings is 1. The third-order valence-corrected chi connectivity index (χ3v) is 3.35. The normalized spacial score (nSPS) is 10.2. The van der Waals surface area contributed by atoms with Gasteiger partial charge in [-0.15, -0.1) is 12.6 Å². The molecule has 0 aliphatic heterocycles. The number of carbonyl (C=O) groups excluding carboxylic acids is 1. The summed E-state index contributed by atoms with van der Waals surface area (Å²) >= 11 is 7.63. The number of rotatable bonds is 2. The summed E-state index contributed by atoms with van der Waals surface area (Å²) < 4.78 is 0.890. The van der Waals surface area contributed by atoms with Crippen molar-refractivity contribution in [2.45, 2.75) is 11.8 Å². The SMILES string of the molecule is Cc1ccncc1NC(=O)c1ccc(Br)cc1S. The van der Waals surface area contributed by atoms with Crippen molar-refractivity contribution >= 4 is 40.2 Å². The van der Waals surface area contributed by atoms with Crippen LogP contribution in [0.15, 0.2) is 46.0 Å². The zero-order valence-corrected chi connectivity index (χ0v) is 12.1. The van der Waals surface area contributed by atoms with Gasteiger partial charge in [-0.1, -0.05) is 15.9 Å². The second kappa shape index (κ2) is 5.54. The average Bonchev–Trinajstić information content (AvgIpc) is 2.32. The molecule has 0 spiro atoms. The average molecular weight is 323 g/mol. The molecule has 2 rings (SSSR count). The van der Waals surface area contributed by atoms with Gasteiger partial charge in [0.1, 0.15) is 0 Å². The Hall–Kier alpha value is -1.33. The van der Waals surface area contributed by atoms with Gasteiger partial charge in [-0.05, 0) is 36.8 Å². The summed E-state index contributed by atoms with van der Waals surface area (Å²) in [6.07, 6.45) is 3.32. The lowest BCUT2D eigenvalue weighted by molar-refractivity contribution is 0.102. The van der Waals surface area contributed by atoms with E-state index in [2.05, 4.69) is 38.9 Å². The van der Waals surface area contributed by atoms with Crippen LogP contribution in [0.5, 0.6) is 0 Å². The minimum absolute atomic E-state index is 0.191. The summed E-state index contributed by atoms with van der Waals surface area (Å²) in [6.45, 7) is 1.92. The topological polar surface area (TPSA) is 42.0 Å². The Morgan fingerprint density at radius 2 is 2.17 bits per heavy atom. The van der Waals surface area contributed by atoms with E-state index in [0.717, 1.165) is 10.0 Å². The van der Waals surface area contributed by atoms with Crippen LogP contribution in [0.3, 0.4) is 0 Å². The quantitative estimate of drug-likeness (QED) is 0.828. The van der Waals surface area contributed by atoms with Crippen molar-refractivity contribution in [3.05, 3.63) is 52.3 Å². The fourth-order valence-corrected chi connectivity index (χ4v) is 2.33. The minimum Gasteiger partial charge on any atom is -0.320 e. The van der Waals surface area contributed by atoms with Gasteiger partial charge in [0.05, 0.1) is 17.4 Å². The molecule has 0 bridgehead atoms. The number of halogens is 1. The number of aromatic nitrogens is 1. The molecule has 0 aliphatic carbocycles. The highest BCUT2D eigenvalue weighted by atomic mass is 79.9. The maximum atomic E-state index is 12.1. The van der Waals surface area contributed by atoms with Crippen LogP contribution in [0.2, 0.25) is 0 Å². The molecular weight excluding hydrogens is 312 g/mol. The number of nitrogens with zero attached hydrogens (tertiary/aromatic N) is 1. The van der Waals surface area contributed by atoms with E-state index in [0.29, 0.717) is 16.1 Å². The molecule has 0 saturated heterocycles. The molecule has 0 saturated carbocycles. The number of aryl methyl sites for hydroxylation is 1. The van der Waals surface area contributed by atoms with Crippen molar-refractivity contribution in [1.29, 1.82) is 0 Å². The Morgan fingerprint density at radius 3 is 2.83 bits per heavy atom. The molecule has 0 unspecified atom stereocenters. The van der Waals surface area contributed by atoms with Crippen molar-refractivity contribution < 1.29 is 4.79 Å². The number of amides is 1. The largest absolute Gasteiger partial charge is 0.320 e. The van der Waals surface area contributed by atoms with Crippen molar-refractivity contribution in [3.63, 3.8) is 0 Å². The molecular formula is C13H11BrN2OS. The molecule has 1 N–H and O–H groups in total. The van der Waals surface area contributed by atoms with Gasteiger partial charge in [0.2, 0.25) is 0 Å². The second-order valence-corrected chi connectivity index (χ2v) is 5.20. The van der Waals surface area contributed by atoms with Crippen molar-refractivity contribution in [3.8, 4) is 0 Å². The molecule has 0 radical (unpaired) electrons. The minimum atomic E-state index is -0.191. The molecule has 0 atom stereocenters. The molecule has 1 aromatic carbocycles. The summed E-state index contributed by atoms with van der Waals surface area (Å²) in [5.74, 6) is -0.191. The first-order valence-electron chi connectivity index (χ1n) is 5.28. The van der Waals surface area contributed by atoms with Crippen molar-refractivity contribution in [1.82, 2.24) is 4.98 Å². The molecule has 1 heterocycles. The van der Waals surface area contributed by atoms with Crippen molar-refractivity contribution in [2.24, 2.45) is 0 Å². The predicted octanol–water partition coefficient (Wildman–Crippen LogP) is 3.69. The number of hydrogen-bond donors (Lipinski definition) is 2. The number of benzene rings is 1. The lowest BCUT2D eigenvalue weighted by Gasteiger charge is -2.09. The molecule has 1 aromatic heterocycles. The van der Waals surface area contributed by atoms with Crippen LogP contribution in [0, 0.1) is 6.92 Å². The van der Waals surface area contributed by atoms with E-state index in [1.807, 2.05) is 19.1 Å². The number of nitrogens with one attached hydrogen (secondary N) is 1. The molecule has 92 valence electrons. The first kappa shape index (κ1) is 13.1. The van der Waals surface area contributed by atoms with E-state index in [-0.39, 0.29) is 5.91 Å². The zero-order chi connectivity index (χ0) is 13.1. The van der Waals surface area contributed by atoms with Crippen LogP contribution < -0.4 is 5.32 Å². The Morgan fingerprint density at radius 1 is 1.39 bits per heavy atom. The van der Waals surface area contributed by atoms with Gasteiger partial charge >= 0.3 is 0 Å². The third-order valence-electron chi connectivity index (χ3n) is 2.49. The highest BCUT2D eigenvalue weighted by molar-refractivity contribution is 9.10. The Labute approximate surface area is 119 Å². The number of thiol groups is 1. The number of carbonyl (C=O) groups is 1. The van der Waals surface area contributed by atoms with Gasteiger partial charge in [-0.3, -0.25) is 9.78 Å². The van der Waals surface area contributed by atoms with Crippen molar-refractivity contribution in [2.75, 3.05) is 5.32 Å². The van der Waals surface area contributed by atoms with Crippen LogP contribution in [0.1, 0.15) is 15.9 Å². The van der Waals surface area contributed by atoms with Crippen LogP contribution in [-0.2, 0) is 0 Å². The smallest absolute Gasteiger partial charge is 0.256 e. The molecule has 0 fully saturated rings. The van der Waals surface area contributed by atoms with Gasteiger partial charge in [0.25, 0.3) is 5.91 Å². The Bertz CT molecular complexity index is 601. The second-order valence-electron chi connectivity index (χ2n) is 3.81. The molecule has 1 amide bonds. The van der Waals surface area contributed by atoms with Gasteiger partial charge in [0.15, 0.2) is 0 Å².